The summed E-state index contributed by atoms with van der Waals surface area (Å²) in [5.74, 6) is 0.240. The Balaban J connectivity index is 1.56. The number of benzene rings is 1. The number of carbonyl (C=O) groups is 1. The van der Waals surface area contributed by atoms with E-state index in [1.807, 2.05) is 30.5 Å². The molecule has 1 aliphatic rings. The molecule has 1 saturated carbocycles. The summed E-state index contributed by atoms with van der Waals surface area (Å²) in [5.41, 5.74) is 4.56. The van der Waals surface area contributed by atoms with Crippen LogP contribution in [0.2, 0.25) is 0 Å². The van der Waals surface area contributed by atoms with Gasteiger partial charge in [-0.05, 0) is 43.7 Å². The molecule has 170 valence electrons. The predicted octanol–water partition coefficient (Wildman–Crippen LogP) is 4.81. The molecule has 9 heteroatoms. The first-order chi connectivity index (χ1) is 16.6. The highest BCUT2D eigenvalue weighted by atomic mass is 16.3. The molecular formula is C25H23N7O2. The van der Waals surface area contributed by atoms with Crippen LogP contribution < -0.4 is 5.32 Å². The highest BCUT2D eigenvalue weighted by Crippen LogP contribution is 2.40. The van der Waals surface area contributed by atoms with Crippen LogP contribution in [-0.2, 0) is 4.79 Å². The number of nitrogens with zero attached hydrogens (tertiary/aromatic N) is 6. The SMILES string of the molecule is CNc1c(C#N)c(C2CCC(CC(=O)N=O)CC2)nc2c(-c3cnc4ccccc4c3)cnn12. The second-order valence-corrected chi connectivity index (χ2v) is 8.70. The van der Waals surface area contributed by atoms with E-state index in [9.17, 15) is 15.0 Å². The zero-order valence-electron chi connectivity index (χ0n) is 18.7. The van der Waals surface area contributed by atoms with Crippen LogP contribution in [0, 0.1) is 22.2 Å². The molecule has 1 fully saturated rings. The minimum absolute atomic E-state index is 0.0831. The van der Waals surface area contributed by atoms with Gasteiger partial charge in [-0.1, -0.05) is 18.2 Å². The molecule has 0 bridgehead atoms. The van der Waals surface area contributed by atoms with E-state index in [2.05, 4.69) is 32.7 Å². The highest BCUT2D eigenvalue weighted by molar-refractivity contribution is 5.87. The number of aromatic nitrogens is 4. The number of hydrogen-bond donors (Lipinski definition) is 1. The molecule has 34 heavy (non-hydrogen) atoms. The number of carbonyl (C=O) groups excluding carboxylic acids is 1. The molecule has 1 aromatic carbocycles. The second kappa shape index (κ2) is 8.98. The Kier molecular flexibility index (Phi) is 5.72. The number of nitriles is 1. The lowest BCUT2D eigenvalue weighted by molar-refractivity contribution is -0.119. The smallest absolute Gasteiger partial charge is 0.286 e. The molecule has 3 aromatic heterocycles. The van der Waals surface area contributed by atoms with E-state index in [1.165, 1.54) is 0 Å². The molecular weight excluding hydrogens is 430 g/mol. The van der Waals surface area contributed by atoms with Crippen molar-refractivity contribution in [2.24, 2.45) is 11.1 Å². The summed E-state index contributed by atoms with van der Waals surface area (Å²) in [6.07, 6.45) is 6.93. The summed E-state index contributed by atoms with van der Waals surface area (Å²) < 4.78 is 1.67. The highest BCUT2D eigenvalue weighted by Gasteiger charge is 2.29. The maximum absolute atomic E-state index is 11.4. The number of fused-ring (bicyclic) bond motifs is 2. The average molecular weight is 454 g/mol. The van der Waals surface area contributed by atoms with E-state index in [4.69, 9.17) is 4.98 Å². The third kappa shape index (κ3) is 3.77. The molecule has 1 N–H and O–H groups in total. The minimum atomic E-state index is -0.592. The van der Waals surface area contributed by atoms with Crippen molar-refractivity contribution < 1.29 is 4.79 Å². The van der Waals surface area contributed by atoms with Gasteiger partial charge in [-0.15, -0.1) is 4.91 Å². The summed E-state index contributed by atoms with van der Waals surface area (Å²) in [6.45, 7) is 0. The van der Waals surface area contributed by atoms with E-state index in [0.29, 0.717) is 17.0 Å². The van der Waals surface area contributed by atoms with Gasteiger partial charge in [0.25, 0.3) is 5.91 Å². The predicted molar refractivity (Wildman–Crippen MR) is 128 cm³/mol. The fourth-order valence-electron chi connectivity index (χ4n) is 4.99. The van der Waals surface area contributed by atoms with Crippen LogP contribution >= 0.6 is 0 Å². The Hall–Kier alpha value is -4.19. The third-order valence-electron chi connectivity index (χ3n) is 6.72. The van der Waals surface area contributed by atoms with Gasteiger partial charge in [-0.3, -0.25) is 9.78 Å². The lowest BCUT2D eigenvalue weighted by Gasteiger charge is -2.28. The molecule has 0 unspecified atom stereocenters. The van der Waals surface area contributed by atoms with Gasteiger partial charge < -0.3 is 5.32 Å². The summed E-state index contributed by atoms with van der Waals surface area (Å²) in [4.78, 5) is 31.5. The molecule has 0 atom stereocenters. The van der Waals surface area contributed by atoms with Crippen molar-refractivity contribution in [3.8, 4) is 17.2 Å². The van der Waals surface area contributed by atoms with E-state index >= 15 is 0 Å². The summed E-state index contributed by atoms with van der Waals surface area (Å²) in [7, 11) is 1.77. The molecule has 3 heterocycles. The Morgan fingerprint density at radius 3 is 2.76 bits per heavy atom. The molecule has 0 radical (unpaired) electrons. The lowest BCUT2D eigenvalue weighted by Crippen LogP contribution is -2.19. The molecule has 1 aliphatic carbocycles. The number of rotatable bonds is 5. The lowest BCUT2D eigenvalue weighted by atomic mass is 9.78. The number of amides is 1. The van der Waals surface area contributed by atoms with E-state index < -0.39 is 5.91 Å². The first-order valence-electron chi connectivity index (χ1n) is 11.3. The van der Waals surface area contributed by atoms with Crippen molar-refractivity contribution in [1.82, 2.24) is 19.6 Å². The van der Waals surface area contributed by atoms with Crippen LogP contribution in [0.25, 0.3) is 27.7 Å². The van der Waals surface area contributed by atoms with Crippen molar-refractivity contribution >= 4 is 28.3 Å². The van der Waals surface area contributed by atoms with E-state index in [-0.39, 0.29) is 18.3 Å². The zero-order chi connectivity index (χ0) is 23.7. The fraction of sp³-hybridized carbons (Fsp3) is 0.320. The monoisotopic (exact) mass is 453 g/mol. The van der Waals surface area contributed by atoms with E-state index in [0.717, 1.165) is 53.4 Å². The second-order valence-electron chi connectivity index (χ2n) is 8.70. The number of pyridine rings is 1. The van der Waals surface area contributed by atoms with Crippen LogP contribution in [0.4, 0.5) is 5.82 Å². The topological polar surface area (TPSA) is 125 Å². The Bertz CT molecular complexity index is 1450. The number of nitroso groups, excluding NO2 is 1. The van der Waals surface area contributed by atoms with Crippen molar-refractivity contribution in [3.63, 3.8) is 0 Å². The van der Waals surface area contributed by atoms with Gasteiger partial charge in [0.1, 0.15) is 17.5 Å². The third-order valence-corrected chi connectivity index (χ3v) is 6.72. The molecule has 9 nitrogen and oxygen atoms in total. The van der Waals surface area contributed by atoms with Crippen LogP contribution in [-0.4, -0.2) is 32.5 Å². The number of nitrogens with one attached hydrogen (secondary N) is 1. The maximum Gasteiger partial charge on any atom is 0.286 e. The quantitative estimate of drug-likeness (QED) is 0.430. The molecule has 0 saturated heterocycles. The Labute approximate surface area is 195 Å². The minimum Gasteiger partial charge on any atom is -0.372 e. The van der Waals surface area contributed by atoms with Crippen LogP contribution in [0.5, 0.6) is 0 Å². The molecule has 0 spiro atoms. The zero-order valence-corrected chi connectivity index (χ0v) is 18.7. The van der Waals surface area contributed by atoms with Crippen LogP contribution in [0.3, 0.4) is 0 Å². The van der Waals surface area contributed by atoms with Crippen LogP contribution in [0.15, 0.2) is 47.9 Å². The van der Waals surface area contributed by atoms with Gasteiger partial charge in [0.05, 0.1) is 17.4 Å². The average Bonchev–Trinajstić information content (AvgIpc) is 3.31. The molecule has 5 rings (SSSR count). The van der Waals surface area contributed by atoms with Gasteiger partial charge >= 0.3 is 0 Å². The first kappa shape index (κ1) is 21.6. The number of anilines is 1. The number of hydrogen-bond acceptors (Lipinski definition) is 7. The summed E-state index contributed by atoms with van der Waals surface area (Å²) in [5, 5.41) is 21.2. The molecule has 1 amide bonds. The van der Waals surface area contributed by atoms with Crippen molar-refractivity contribution in [3.05, 3.63) is 58.9 Å². The first-order valence-corrected chi connectivity index (χ1v) is 11.3. The van der Waals surface area contributed by atoms with Crippen molar-refractivity contribution in [2.75, 3.05) is 12.4 Å². The Morgan fingerprint density at radius 2 is 2.03 bits per heavy atom. The van der Waals surface area contributed by atoms with Gasteiger partial charge in [0.15, 0.2) is 5.65 Å². The van der Waals surface area contributed by atoms with E-state index in [1.54, 1.807) is 17.8 Å². The van der Waals surface area contributed by atoms with Crippen LogP contribution in [0.1, 0.15) is 49.3 Å². The normalized spacial score (nSPS) is 18.0. The molecule has 0 aliphatic heterocycles. The van der Waals surface area contributed by atoms with Crippen molar-refractivity contribution in [1.29, 1.82) is 5.26 Å². The van der Waals surface area contributed by atoms with Gasteiger partial charge in [0, 0.05) is 47.3 Å². The van der Waals surface area contributed by atoms with Gasteiger partial charge in [0.2, 0.25) is 0 Å². The summed E-state index contributed by atoms with van der Waals surface area (Å²) in [6, 6.07) is 12.3. The fourth-order valence-corrected chi connectivity index (χ4v) is 4.99. The standard InChI is InChI=1S/C25H23N7O2/c1-27-24-19(12-26)23(16-8-6-15(7-9-16)10-22(33)31-34)30-25-20(14-29-32(24)25)18-11-17-4-2-3-5-21(17)28-13-18/h2-5,11,13-16,27H,6-10H2,1H3. The Morgan fingerprint density at radius 1 is 1.24 bits per heavy atom. The number of para-hydroxylation sites is 1. The van der Waals surface area contributed by atoms with Gasteiger partial charge in [-0.2, -0.15) is 14.9 Å². The maximum atomic E-state index is 11.4. The largest absolute Gasteiger partial charge is 0.372 e. The van der Waals surface area contributed by atoms with Crippen molar-refractivity contribution in [2.45, 2.75) is 38.0 Å². The molecule has 4 aromatic rings. The summed E-state index contributed by atoms with van der Waals surface area (Å²) >= 11 is 0. The van der Waals surface area contributed by atoms with Gasteiger partial charge in [-0.25, -0.2) is 4.98 Å².